The number of terminal acetylenes is 2. The summed E-state index contributed by atoms with van der Waals surface area (Å²) >= 11 is 0. The predicted octanol–water partition coefficient (Wildman–Crippen LogP) is 6.93. The van der Waals surface area contributed by atoms with Crippen LogP contribution in [0.25, 0.3) is 0 Å². The molecule has 13 heterocycles. The number of nitrogens with zero attached hydrogens (tertiary/aromatic N) is 3. The molecule has 12 saturated heterocycles. The number of hydrogen-bond donors (Lipinski definition) is 13. The molecule has 0 aromatic rings. The van der Waals surface area contributed by atoms with Crippen LogP contribution in [0.5, 0.6) is 0 Å². The summed E-state index contributed by atoms with van der Waals surface area (Å²) in [6.07, 6.45) is 46.4. The van der Waals surface area contributed by atoms with Crippen molar-refractivity contribution in [2.24, 2.45) is 0 Å². The lowest BCUT2D eigenvalue weighted by Crippen LogP contribution is -2.56. The van der Waals surface area contributed by atoms with E-state index < -0.39 is 16.1 Å². The summed E-state index contributed by atoms with van der Waals surface area (Å²) in [6.45, 7) is 55.2. The van der Waals surface area contributed by atoms with Gasteiger partial charge in [-0.3, -0.25) is 30.9 Å². The van der Waals surface area contributed by atoms with E-state index in [9.17, 15) is 9.59 Å². The number of amides is 2. The molecular weight excluding hydrogens is 1510 g/mol. The maximum Gasteiger partial charge on any atom is 0.250 e. The standard InChI is InChI=1S/C12H25N3.C12H23NSi2.2C10H19NO2.C7H16N2.C6H11NO2.C6H11N.C6H7N.C5H11N.C4H3NO2.C4H9NO.C4H9N.C4H7N/c1-14-7-3-11(4-8-14)13-12-5-9-15(2)10-6-12;1-14(2,3)11-7-9-13-10-8-12-15(4,5)6;1-5-12-6-2-9(1)11-10-3-7-13-8-4-10;1-3-7-12-9(5-1)11-10-6-2-4-8-13-10;1-8-7-3-5-9(2)6-4-7;1-5(2-8-1)7-6-3-9-4-6;2*1-3-5-7-6-4-2;1-2-4-6-5-3-1;6-3-1-2-4(7)5-3;1-5-4-2-6-3-4;1-2-4-5-3-1;1-3-5-4-2/h11-13H,3-10H2,1-2H3;13H,9-10H2,1-6H3;2*9-11H,1-8H2;7-8H,3-6H2,1-2H3;5-7H,1-4H2;3-4,7H,1-2,5-6H2;1-2,7H,5-6H2;6H,1-5H2;1-2H,(H,5,6,7);4-5H,2-3H2,1H3;5H,1-4H2;3-5H,1-2H2. The molecule has 2 atom stereocenters. The summed E-state index contributed by atoms with van der Waals surface area (Å²) in [7, 11) is 8.27. The fourth-order valence-electron chi connectivity index (χ4n) is 12.6. The van der Waals surface area contributed by atoms with Crippen molar-refractivity contribution in [2.45, 2.75) is 235 Å². The van der Waals surface area contributed by atoms with Gasteiger partial charge in [0.15, 0.2) is 0 Å². The monoisotopic (exact) mass is 1680 g/mol. The molecule has 117 heavy (non-hydrogen) atoms. The van der Waals surface area contributed by atoms with Crippen LogP contribution in [-0.2, 0) is 42.7 Å². The SMILES string of the molecule is C#CCNCC#C.C1CC(NC2CCOCC2)CCO1.C1CCC(NC2CCCCO2)OC1.C1CCNC1.C1CCNCC1.C1OCC1NC1COC1.C=CCNCC=C.C=CNC=C.CN1CCC(NC2CCN(C)CC2)CC1.CNC1CCN(C)CC1.CNC1COC1.C[Si](C)(C)C#CCNCC#C[Si](C)(C)C.O=C1C=CC(=O)N1. The summed E-state index contributed by atoms with van der Waals surface area (Å²) in [4.78, 5) is 27.3. The van der Waals surface area contributed by atoms with Gasteiger partial charge in [0.2, 0.25) is 0 Å². The van der Waals surface area contributed by atoms with E-state index in [4.69, 9.17) is 46.0 Å². The first-order valence-corrected chi connectivity index (χ1v) is 51.3. The van der Waals surface area contributed by atoms with Gasteiger partial charge in [-0.05, 0) is 242 Å². The third-order valence-corrected chi connectivity index (χ3v) is 21.7. The van der Waals surface area contributed by atoms with Crippen molar-refractivity contribution >= 4 is 28.0 Å². The lowest BCUT2D eigenvalue weighted by molar-refractivity contribution is -0.123. The van der Waals surface area contributed by atoms with Gasteiger partial charge in [0.05, 0.1) is 83.9 Å². The van der Waals surface area contributed by atoms with Crippen molar-refractivity contribution in [3.05, 3.63) is 63.0 Å². The highest BCUT2D eigenvalue weighted by Crippen LogP contribution is 2.18. The van der Waals surface area contributed by atoms with Crippen LogP contribution in [-0.4, -0.2) is 323 Å². The summed E-state index contributed by atoms with van der Waals surface area (Å²) in [6, 6.07) is 5.60. The van der Waals surface area contributed by atoms with Gasteiger partial charge in [-0.25, -0.2) is 0 Å². The predicted molar refractivity (Wildman–Crippen MR) is 494 cm³/mol. The average molecular weight is 1680 g/mol. The van der Waals surface area contributed by atoms with E-state index in [0.29, 0.717) is 43.3 Å². The zero-order chi connectivity index (χ0) is 85.9. The minimum Gasteiger partial charge on any atom is -0.381 e. The van der Waals surface area contributed by atoms with E-state index in [1.54, 1.807) is 12.4 Å². The van der Waals surface area contributed by atoms with Gasteiger partial charge in [-0.15, -0.1) is 37.1 Å². The Morgan fingerprint density at radius 3 is 1.01 bits per heavy atom. The number of imide groups is 1. The topological polar surface area (TPSA) is 265 Å². The Labute approximate surface area is 715 Å². The Balaban J connectivity index is 0.000000644. The number of likely N-dealkylation sites (tertiary alicyclic amines) is 3. The molecule has 672 valence electrons. The zero-order valence-electron chi connectivity index (χ0n) is 75.4. The second-order valence-corrected chi connectivity index (χ2v) is 42.6. The Morgan fingerprint density at radius 2 is 0.761 bits per heavy atom. The molecule has 13 rings (SSSR count). The molecule has 12 fully saturated rings. The molecule has 0 spiro atoms. The number of carbonyl (C=O) groups excluding carboxylic acids is 2. The van der Waals surface area contributed by atoms with Gasteiger partial charge in [0.25, 0.3) is 11.8 Å². The van der Waals surface area contributed by atoms with Gasteiger partial charge in [-0.2, -0.15) is 0 Å². The molecule has 13 aliphatic heterocycles. The Hall–Kier alpha value is -4.53. The summed E-state index contributed by atoms with van der Waals surface area (Å²) in [5.41, 5.74) is 6.63. The van der Waals surface area contributed by atoms with Crippen LogP contribution >= 0.6 is 0 Å². The molecule has 0 aliphatic carbocycles. The van der Waals surface area contributed by atoms with Gasteiger partial charge in [-0.1, -0.05) is 94.7 Å². The first-order chi connectivity index (χ1) is 56.6. The molecule has 0 bridgehead atoms. The van der Waals surface area contributed by atoms with E-state index in [1.165, 1.54) is 200 Å². The van der Waals surface area contributed by atoms with Crippen molar-refractivity contribution in [1.29, 1.82) is 0 Å². The Morgan fingerprint density at radius 1 is 0.419 bits per heavy atom. The van der Waals surface area contributed by atoms with Crippen LogP contribution in [0.4, 0.5) is 0 Å². The molecular formula is C90H170N16O9Si2. The first kappa shape index (κ1) is 110. The van der Waals surface area contributed by atoms with Gasteiger partial charge < -0.3 is 95.7 Å². The first-order valence-electron chi connectivity index (χ1n) is 44.3. The lowest BCUT2D eigenvalue weighted by Gasteiger charge is -2.35. The normalized spacial score (nSPS) is 21.9. The average Bonchev–Trinajstić information content (AvgIpc) is 1.21. The van der Waals surface area contributed by atoms with E-state index >= 15 is 0 Å². The number of hydrogen-bond acceptors (Lipinski definition) is 24. The molecule has 2 unspecified atom stereocenters. The van der Waals surface area contributed by atoms with Crippen LogP contribution in [0, 0.1) is 47.6 Å². The molecule has 0 saturated carbocycles. The second-order valence-electron chi connectivity index (χ2n) is 33.1. The smallest absolute Gasteiger partial charge is 0.250 e. The van der Waals surface area contributed by atoms with Crippen molar-refractivity contribution in [2.75, 3.05) is 219 Å². The highest BCUT2D eigenvalue weighted by Gasteiger charge is 2.27. The van der Waals surface area contributed by atoms with Crippen molar-refractivity contribution in [1.82, 2.24) is 83.8 Å². The Bertz CT molecular complexity index is 2450. The maximum atomic E-state index is 10.0. The number of nitrogens with one attached hydrogen (secondary N) is 13. The summed E-state index contributed by atoms with van der Waals surface area (Å²) < 4.78 is 36.7. The minimum atomic E-state index is -1.19. The van der Waals surface area contributed by atoms with E-state index in [2.05, 4.69) is 207 Å². The summed E-state index contributed by atoms with van der Waals surface area (Å²) in [5, 5.41) is 41.0. The van der Waals surface area contributed by atoms with Crippen LogP contribution < -0.4 is 69.1 Å². The number of piperidine rings is 4. The molecule has 25 nitrogen and oxygen atoms in total. The highest BCUT2D eigenvalue weighted by molar-refractivity contribution is 6.84. The second kappa shape index (κ2) is 76.4. The molecule has 0 aromatic carbocycles. The highest BCUT2D eigenvalue weighted by atomic mass is 28.3. The number of rotatable bonds is 20. The maximum absolute atomic E-state index is 10.0. The van der Waals surface area contributed by atoms with Crippen molar-refractivity contribution in [3.63, 3.8) is 0 Å². The van der Waals surface area contributed by atoms with Crippen LogP contribution in [0.3, 0.4) is 0 Å². The molecule has 13 N–H and O–H groups in total. The molecule has 27 heteroatoms. The number of carbonyl (C=O) groups is 2. The van der Waals surface area contributed by atoms with Crippen LogP contribution in [0.1, 0.15) is 135 Å². The third kappa shape index (κ3) is 70.7. The molecule has 13 aliphatic rings. The number of likely N-dealkylation sites (N-methyl/N-ethyl adjacent to an activating group) is 1. The quantitative estimate of drug-likeness (QED) is 0.0194. The fraction of sp³-hybridized carbons (Fsp3) is 0.778. The molecule has 0 radical (unpaired) electrons. The van der Waals surface area contributed by atoms with Crippen LogP contribution in [0.2, 0.25) is 39.3 Å². The minimum absolute atomic E-state index is 0.247. The van der Waals surface area contributed by atoms with E-state index in [0.717, 1.165) is 136 Å². The lowest BCUT2D eigenvalue weighted by atomic mass is 10.00. The molecule has 2 amide bonds. The number of ether oxygens (including phenoxy) is 7. The van der Waals surface area contributed by atoms with Gasteiger partial charge in [0, 0.05) is 95.1 Å². The molecule has 0 aromatic heterocycles. The van der Waals surface area contributed by atoms with E-state index in [1.807, 2.05) is 24.5 Å². The largest absolute Gasteiger partial charge is 0.381 e. The third-order valence-electron chi connectivity index (χ3n) is 19.9. The van der Waals surface area contributed by atoms with Crippen molar-refractivity contribution < 1.29 is 42.7 Å². The Kier molecular flexibility index (Phi) is 72.1. The summed E-state index contributed by atoms with van der Waals surface area (Å²) in [5.74, 6) is 10.5. The zero-order valence-corrected chi connectivity index (χ0v) is 77.4. The van der Waals surface area contributed by atoms with Crippen molar-refractivity contribution in [3.8, 4) is 47.6 Å². The van der Waals surface area contributed by atoms with E-state index in [-0.39, 0.29) is 24.3 Å². The fourth-order valence-corrected chi connectivity index (χ4v) is 13.8. The van der Waals surface area contributed by atoms with Gasteiger partial charge in [0.1, 0.15) is 28.6 Å². The van der Waals surface area contributed by atoms with Crippen LogP contribution in [0.15, 0.2) is 63.0 Å². The van der Waals surface area contributed by atoms with Gasteiger partial charge >= 0.3 is 0 Å².